The molecule has 0 radical (unpaired) electrons. The van der Waals surface area contributed by atoms with Crippen molar-refractivity contribution in [3.8, 4) is 0 Å². The van der Waals surface area contributed by atoms with E-state index in [4.69, 9.17) is 0 Å². The lowest BCUT2D eigenvalue weighted by Crippen LogP contribution is -1.93. The lowest BCUT2D eigenvalue weighted by molar-refractivity contribution is 0.985. The molecule has 0 aromatic heterocycles. The molecule has 0 saturated heterocycles. The summed E-state index contributed by atoms with van der Waals surface area (Å²) in [7, 11) is 0. The Hall–Kier alpha value is -1.30. The molecule has 66 valence electrons. The van der Waals surface area contributed by atoms with Gasteiger partial charge in [-0.1, -0.05) is 36.4 Å². The predicted octanol–water partition coefficient (Wildman–Crippen LogP) is 3.68. The largest absolute Gasteiger partial charge is 0.0871 e. The molecular weight excluding hydrogens is 156 g/mol. The zero-order valence-electron chi connectivity index (χ0n) is 7.96. The average Bonchev–Trinajstić information content (AvgIpc) is 2.18. The van der Waals surface area contributed by atoms with Crippen molar-refractivity contribution in [2.45, 2.75) is 19.8 Å². The number of hydrogen-bond acceptors (Lipinski definition) is 0. The van der Waals surface area contributed by atoms with Gasteiger partial charge in [-0.25, -0.2) is 0 Å². The van der Waals surface area contributed by atoms with Crippen molar-refractivity contribution >= 4 is 12.2 Å². The van der Waals surface area contributed by atoms with Crippen LogP contribution in [0.25, 0.3) is 12.2 Å². The van der Waals surface area contributed by atoms with Crippen molar-refractivity contribution < 1.29 is 0 Å². The highest BCUT2D eigenvalue weighted by Gasteiger charge is 2.03. The summed E-state index contributed by atoms with van der Waals surface area (Å²) in [5.74, 6) is 0. The zero-order chi connectivity index (χ0) is 9.10. The van der Waals surface area contributed by atoms with E-state index < -0.39 is 0 Å². The molecule has 2 rings (SSSR count). The van der Waals surface area contributed by atoms with Crippen LogP contribution in [0, 0.1) is 0 Å². The van der Waals surface area contributed by atoms with Gasteiger partial charge in [0, 0.05) is 0 Å². The minimum atomic E-state index is 1.19. The van der Waals surface area contributed by atoms with E-state index in [9.17, 15) is 0 Å². The minimum absolute atomic E-state index is 1.19. The van der Waals surface area contributed by atoms with Gasteiger partial charge in [-0.05, 0) is 42.5 Å². The molecule has 0 bridgehead atoms. The standard InChI is InChI=1S/C13H14/c1-2-5-11-8-9-12-6-3-4-7-13(12)10-11/h2,4-5,7-10H,3,6H2,1H3/b5-2-. The molecule has 0 aliphatic heterocycles. The van der Waals surface area contributed by atoms with Crippen LogP contribution in [0.3, 0.4) is 0 Å². The third-order valence-electron chi connectivity index (χ3n) is 2.41. The summed E-state index contributed by atoms with van der Waals surface area (Å²) in [6.45, 7) is 2.05. The van der Waals surface area contributed by atoms with Crippen molar-refractivity contribution in [3.63, 3.8) is 0 Å². The van der Waals surface area contributed by atoms with E-state index in [0.717, 1.165) is 0 Å². The van der Waals surface area contributed by atoms with Crippen LogP contribution in [-0.4, -0.2) is 0 Å². The Morgan fingerprint density at radius 2 is 2.23 bits per heavy atom. The molecule has 0 fully saturated rings. The predicted molar refractivity (Wildman–Crippen MR) is 58.5 cm³/mol. The number of benzene rings is 1. The fraction of sp³-hybridized carbons (Fsp3) is 0.231. The van der Waals surface area contributed by atoms with Gasteiger partial charge in [0.2, 0.25) is 0 Å². The maximum absolute atomic E-state index is 2.25. The molecule has 0 nitrogen and oxygen atoms in total. The van der Waals surface area contributed by atoms with Crippen molar-refractivity contribution in [1.29, 1.82) is 0 Å². The van der Waals surface area contributed by atoms with Crippen LogP contribution < -0.4 is 0 Å². The number of fused-ring (bicyclic) bond motifs is 1. The maximum atomic E-state index is 2.25. The monoisotopic (exact) mass is 170 g/mol. The SMILES string of the molecule is C/C=C\c1ccc2c(c1)C=CCC2. The van der Waals surface area contributed by atoms with Crippen LogP contribution in [0.5, 0.6) is 0 Å². The Morgan fingerprint density at radius 3 is 3.08 bits per heavy atom. The highest BCUT2D eigenvalue weighted by Crippen LogP contribution is 2.20. The van der Waals surface area contributed by atoms with E-state index in [1.54, 1.807) is 0 Å². The molecule has 0 amide bonds. The molecule has 0 unspecified atom stereocenters. The Kier molecular flexibility index (Phi) is 2.31. The third kappa shape index (κ3) is 1.72. The molecule has 0 heteroatoms. The minimum Gasteiger partial charge on any atom is -0.0871 e. The zero-order valence-corrected chi connectivity index (χ0v) is 7.96. The summed E-state index contributed by atoms with van der Waals surface area (Å²) >= 11 is 0. The van der Waals surface area contributed by atoms with Crippen molar-refractivity contribution in [1.82, 2.24) is 0 Å². The second-order valence-electron chi connectivity index (χ2n) is 3.40. The van der Waals surface area contributed by atoms with Crippen LogP contribution in [0.4, 0.5) is 0 Å². The lowest BCUT2D eigenvalue weighted by atomic mass is 9.95. The van der Waals surface area contributed by atoms with Crippen LogP contribution in [0.15, 0.2) is 30.4 Å². The van der Waals surface area contributed by atoms with Crippen molar-refractivity contribution in [2.75, 3.05) is 0 Å². The van der Waals surface area contributed by atoms with Crippen LogP contribution in [0.1, 0.15) is 30.0 Å². The van der Waals surface area contributed by atoms with Gasteiger partial charge in [-0.15, -0.1) is 0 Å². The van der Waals surface area contributed by atoms with E-state index in [2.05, 4.69) is 49.4 Å². The molecule has 0 N–H and O–H groups in total. The summed E-state index contributed by atoms with van der Waals surface area (Å²) < 4.78 is 0. The van der Waals surface area contributed by atoms with Gasteiger partial charge in [0.1, 0.15) is 0 Å². The summed E-state index contributed by atoms with van der Waals surface area (Å²) in [5.41, 5.74) is 4.17. The molecular formula is C13H14. The number of allylic oxidation sites excluding steroid dienone is 2. The van der Waals surface area contributed by atoms with E-state index >= 15 is 0 Å². The lowest BCUT2D eigenvalue weighted by Gasteiger charge is -2.10. The van der Waals surface area contributed by atoms with Gasteiger partial charge in [0.25, 0.3) is 0 Å². The topological polar surface area (TPSA) is 0 Å². The van der Waals surface area contributed by atoms with Gasteiger partial charge >= 0.3 is 0 Å². The van der Waals surface area contributed by atoms with Gasteiger partial charge in [0.05, 0.1) is 0 Å². The van der Waals surface area contributed by atoms with Crippen molar-refractivity contribution in [3.05, 3.63) is 47.0 Å². The van der Waals surface area contributed by atoms with E-state index in [1.807, 2.05) is 0 Å². The van der Waals surface area contributed by atoms with Gasteiger partial charge < -0.3 is 0 Å². The first-order valence-electron chi connectivity index (χ1n) is 4.82. The third-order valence-corrected chi connectivity index (χ3v) is 2.41. The second-order valence-corrected chi connectivity index (χ2v) is 3.40. The summed E-state index contributed by atoms with van der Waals surface area (Å²) in [4.78, 5) is 0. The van der Waals surface area contributed by atoms with Gasteiger partial charge in [-0.3, -0.25) is 0 Å². The second kappa shape index (κ2) is 3.61. The Morgan fingerprint density at radius 1 is 1.31 bits per heavy atom. The van der Waals surface area contributed by atoms with E-state index in [1.165, 1.54) is 29.5 Å². The molecule has 1 aromatic rings. The number of aryl methyl sites for hydroxylation is 1. The fourth-order valence-corrected chi connectivity index (χ4v) is 1.74. The molecule has 1 aromatic carbocycles. The molecule has 13 heavy (non-hydrogen) atoms. The number of hydrogen-bond donors (Lipinski definition) is 0. The molecule has 0 atom stereocenters. The molecule has 1 aliphatic carbocycles. The summed E-state index contributed by atoms with van der Waals surface area (Å²) in [5, 5.41) is 0. The highest BCUT2D eigenvalue weighted by atomic mass is 14.1. The first-order valence-corrected chi connectivity index (χ1v) is 4.82. The van der Waals surface area contributed by atoms with Crippen LogP contribution >= 0.6 is 0 Å². The number of rotatable bonds is 1. The molecule has 0 saturated carbocycles. The van der Waals surface area contributed by atoms with Crippen LogP contribution in [0.2, 0.25) is 0 Å². The summed E-state index contributed by atoms with van der Waals surface area (Å²) in [6, 6.07) is 6.69. The fourth-order valence-electron chi connectivity index (χ4n) is 1.74. The average molecular weight is 170 g/mol. The quantitative estimate of drug-likeness (QED) is 0.603. The van der Waals surface area contributed by atoms with Gasteiger partial charge in [-0.2, -0.15) is 0 Å². The van der Waals surface area contributed by atoms with Gasteiger partial charge in [0.15, 0.2) is 0 Å². The van der Waals surface area contributed by atoms with E-state index in [-0.39, 0.29) is 0 Å². The smallest absolute Gasteiger partial charge is 0.0222 e. The summed E-state index contributed by atoms with van der Waals surface area (Å²) in [6.07, 6.45) is 11.1. The first kappa shape index (κ1) is 8.31. The Labute approximate surface area is 79.6 Å². The van der Waals surface area contributed by atoms with E-state index in [0.29, 0.717) is 0 Å². The van der Waals surface area contributed by atoms with Crippen LogP contribution in [-0.2, 0) is 6.42 Å². The molecule has 0 spiro atoms. The Balaban J connectivity index is 2.42. The highest BCUT2D eigenvalue weighted by molar-refractivity contribution is 5.62. The van der Waals surface area contributed by atoms with Crippen molar-refractivity contribution in [2.24, 2.45) is 0 Å². The maximum Gasteiger partial charge on any atom is -0.0222 e. The normalized spacial score (nSPS) is 14.8. The first-order chi connectivity index (χ1) is 6.40. The Bertz CT molecular complexity index is 356. The molecule has 0 heterocycles. The molecule has 1 aliphatic rings.